The summed E-state index contributed by atoms with van der Waals surface area (Å²) < 4.78 is 0. The van der Waals surface area contributed by atoms with Crippen molar-refractivity contribution < 1.29 is 19.5 Å². The first-order valence-electron chi connectivity index (χ1n) is 6.28. The van der Waals surface area contributed by atoms with Gasteiger partial charge in [-0.3, -0.25) is 9.59 Å². The molecule has 1 atom stereocenters. The summed E-state index contributed by atoms with van der Waals surface area (Å²) in [5.41, 5.74) is 5.09. The second-order valence-electron chi connectivity index (χ2n) is 5.00. The summed E-state index contributed by atoms with van der Waals surface area (Å²) in [5, 5.41) is 11.3. The maximum Gasteiger partial charge on any atom is 0.317 e. The zero-order valence-corrected chi connectivity index (χ0v) is 11.7. The summed E-state index contributed by atoms with van der Waals surface area (Å²) in [6.07, 6.45) is 0.340. The predicted molar refractivity (Wildman–Crippen MR) is 70.4 cm³/mol. The van der Waals surface area contributed by atoms with Crippen LogP contribution in [0.4, 0.5) is 4.79 Å². The molecule has 0 saturated carbocycles. The number of nitrogens with one attached hydrogen (secondary N) is 1. The molecule has 1 unspecified atom stereocenters. The van der Waals surface area contributed by atoms with Gasteiger partial charge in [0, 0.05) is 13.1 Å². The highest BCUT2D eigenvalue weighted by Crippen LogP contribution is 2.02. The minimum absolute atomic E-state index is 0.140. The van der Waals surface area contributed by atoms with Gasteiger partial charge in [-0.25, -0.2) is 4.79 Å². The number of carbonyl (C=O) groups is 3. The summed E-state index contributed by atoms with van der Waals surface area (Å²) in [7, 11) is 0. The van der Waals surface area contributed by atoms with E-state index < -0.39 is 23.8 Å². The Labute approximate surface area is 113 Å². The smallest absolute Gasteiger partial charge is 0.317 e. The predicted octanol–water partition coefficient (Wildman–Crippen LogP) is 0.250. The summed E-state index contributed by atoms with van der Waals surface area (Å²) in [6.45, 7) is 5.95. The molecule has 0 aromatic heterocycles. The molecule has 7 nitrogen and oxygen atoms in total. The zero-order valence-electron chi connectivity index (χ0n) is 11.7. The van der Waals surface area contributed by atoms with Crippen LogP contribution in [0.15, 0.2) is 0 Å². The van der Waals surface area contributed by atoms with E-state index in [0.717, 1.165) is 0 Å². The van der Waals surface area contributed by atoms with Gasteiger partial charge in [-0.2, -0.15) is 0 Å². The van der Waals surface area contributed by atoms with Crippen LogP contribution in [0.1, 0.15) is 27.2 Å². The number of carboxylic acid groups (broad SMARTS) is 1. The van der Waals surface area contributed by atoms with Crippen LogP contribution in [-0.2, 0) is 9.59 Å². The summed E-state index contributed by atoms with van der Waals surface area (Å²) in [4.78, 5) is 34.7. The average molecular weight is 273 g/mol. The largest absolute Gasteiger partial charge is 0.481 e. The Morgan fingerprint density at radius 2 is 1.84 bits per heavy atom. The van der Waals surface area contributed by atoms with Crippen molar-refractivity contribution in [3.8, 4) is 0 Å². The van der Waals surface area contributed by atoms with Crippen LogP contribution in [0.25, 0.3) is 0 Å². The molecule has 4 N–H and O–H groups in total. The molecule has 0 heterocycles. The molecule has 0 fully saturated rings. The molecule has 0 aliphatic heterocycles. The Morgan fingerprint density at radius 3 is 2.26 bits per heavy atom. The molecule has 0 rings (SSSR count). The first kappa shape index (κ1) is 17.2. The third-order valence-corrected chi connectivity index (χ3v) is 2.49. The third-order valence-electron chi connectivity index (χ3n) is 2.49. The Bertz CT molecular complexity index is 331. The SMILES string of the molecule is CC(C)CN(CC(N)=O)C(=O)NCCC(C)C(=O)O. The molecule has 110 valence electrons. The molecular formula is C12H23N3O4. The van der Waals surface area contributed by atoms with Crippen LogP contribution in [0.2, 0.25) is 0 Å². The van der Waals surface area contributed by atoms with E-state index >= 15 is 0 Å². The van der Waals surface area contributed by atoms with Crippen molar-refractivity contribution in [1.29, 1.82) is 0 Å². The molecule has 0 aliphatic carbocycles. The lowest BCUT2D eigenvalue weighted by Gasteiger charge is -2.23. The average Bonchev–Trinajstić information content (AvgIpc) is 2.26. The van der Waals surface area contributed by atoms with E-state index in [2.05, 4.69) is 5.32 Å². The number of amides is 3. The van der Waals surface area contributed by atoms with Crippen molar-refractivity contribution in [2.75, 3.05) is 19.6 Å². The van der Waals surface area contributed by atoms with Crippen molar-refractivity contribution >= 4 is 17.9 Å². The summed E-state index contributed by atoms with van der Waals surface area (Å²) in [6, 6.07) is -0.398. The van der Waals surface area contributed by atoms with E-state index in [0.29, 0.717) is 13.0 Å². The van der Waals surface area contributed by atoms with Gasteiger partial charge in [0.25, 0.3) is 0 Å². The number of nitrogens with two attached hydrogens (primary N) is 1. The maximum atomic E-state index is 11.8. The summed E-state index contributed by atoms with van der Waals surface area (Å²) in [5.74, 6) is -1.78. The lowest BCUT2D eigenvalue weighted by molar-refractivity contribution is -0.141. The number of primary amides is 1. The van der Waals surface area contributed by atoms with E-state index in [1.54, 1.807) is 6.92 Å². The van der Waals surface area contributed by atoms with Crippen molar-refractivity contribution in [1.82, 2.24) is 10.2 Å². The molecule has 0 saturated heterocycles. The van der Waals surface area contributed by atoms with Gasteiger partial charge in [-0.05, 0) is 12.3 Å². The van der Waals surface area contributed by atoms with Crippen LogP contribution in [0.5, 0.6) is 0 Å². The van der Waals surface area contributed by atoms with E-state index in [1.165, 1.54) is 4.90 Å². The number of carbonyl (C=O) groups excluding carboxylic acids is 2. The number of urea groups is 1. The highest BCUT2D eigenvalue weighted by atomic mass is 16.4. The fraction of sp³-hybridized carbons (Fsp3) is 0.750. The molecule has 7 heteroatoms. The molecule has 0 spiro atoms. The molecule has 0 aromatic carbocycles. The first-order chi connectivity index (χ1) is 8.73. The molecule has 19 heavy (non-hydrogen) atoms. The highest BCUT2D eigenvalue weighted by molar-refractivity contribution is 5.82. The van der Waals surface area contributed by atoms with Crippen molar-refractivity contribution in [2.45, 2.75) is 27.2 Å². The van der Waals surface area contributed by atoms with Crippen molar-refractivity contribution in [2.24, 2.45) is 17.6 Å². The topological polar surface area (TPSA) is 113 Å². The Hall–Kier alpha value is -1.79. The van der Waals surface area contributed by atoms with E-state index in [9.17, 15) is 14.4 Å². The van der Waals surface area contributed by atoms with E-state index in [-0.39, 0.29) is 19.0 Å². The minimum atomic E-state index is -0.898. The molecule has 0 aliphatic rings. The molecule has 0 radical (unpaired) electrons. The first-order valence-corrected chi connectivity index (χ1v) is 6.28. The van der Waals surface area contributed by atoms with Gasteiger partial charge in [0.2, 0.25) is 5.91 Å². The number of carboxylic acids is 1. The van der Waals surface area contributed by atoms with E-state index in [4.69, 9.17) is 10.8 Å². The molecule has 0 aromatic rings. The number of hydrogen-bond donors (Lipinski definition) is 3. The Morgan fingerprint density at radius 1 is 1.26 bits per heavy atom. The summed E-state index contributed by atoms with van der Waals surface area (Å²) >= 11 is 0. The Balaban J connectivity index is 4.24. The second-order valence-corrected chi connectivity index (χ2v) is 5.00. The molecule has 0 bridgehead atoms. The third kappa shape index (κ3) is 8.01. The number of aliphatic carboxylic acids is 1. The monoisotopic (exact) mass is 273 g/mol. The zero-order chi connectivity index (χ0) is 15.0. The maximum absolute atomic E-state index is 11.8. The van der Waals surface area contributed by atoms with Gasteiger partial charge in [-0.15, -0.1) is 0 Å². The van der Waals surface area contributed by atoms with Gasteiger partial charge < -0.3 is 21.1 Å². The van der Waals surface area contributed by atoms with Crippen LogP contribution in [0.3, 0.4) is 0 Å². The van der Waals surface area contributed by atoms with Crippen LogP contribution >= 0.6 is 0 Å². The fourth-order valence-corrected chi connectivity index (χ4v) is 1.48. The van der Waals surface area contributed by atoms with Gasteiger partial charge in [-0.1, -0.05) is 20.8 Å². The van der Waals surface area contributed by atoms with Gasteiger partial charge in [0.15, 0.2) is 0 Å². The quantitative estimate of drug-likeness (QED) is 0.588. The highest BCUT2D eigenvalue weighted by Gasteiger charge is 2.17. The number of rotatable bonds is 8. The van der Waals surface area contributed by atoms with E-state index in [1.807, 2.05) is 13.8 Å². The van der Waals surface area contributed by atoms with Gasteiger partial charge >= 0.3 is 12.0 Å². The van der Waals surface area contributed by atoms with Crippen molar-refractivity contribution in [3.05, 3.63) is 0 Å². The number of nitrogens with zero attached hydrogens (tertiary/aromatic N) is 1. The second kappa shape index (κ2) is 8.34. The fourth-order valence-electron chi connectivity index (χ4n) is 1.48. The standard InChI is InChI=1S/C12H23N3O4/c1-8(2)6-15(7-10(13)16)12(19)14-5-4-9(3)11(17)18/h8-9H,4-7H2,1-3H3,(H2,13,16)(H,14,19)(H,17,18). The lowest BCUT2D eigenvalue weighted by atomic mass is 10.1. The van der Waals surface area contributed by atoms with Crippen LogP contribution < -0.4 is 11.1 Å². The van der Waals surface area contributed by atoms with Crippen LogP contribution in [0, 0.1) is 11.8 Å². The Kier molecular flexibility index (Phi) is 7.55. The number of hydrogen-bond acceptors (Lipinski definition) is 3. The molecule has 3 amide bonds. The van der Waals surface area contributed by atoms with Gasteiger partial charge in [0.05, 0.1) is 5.92 Å². The van der Waals surface area contributed by atoms with Crippen molar-refractivity contribution in [3.63, 3.8) is 0 Å². The minimum Gasteiger partial charge on any atom is -0.481 e. The lowest BCUT2D eigenvalue weighted by Crippen LogP contribution is -2.46. The van der Waals surface area contributed by atoms with Gasteiger partial charge in [0.1, 0.15) is 6.54 Å². The normalized spacial score (nSPS) is 12.0. The molecular weight excluding hydrogens is 250 g/mol. The van der Waals surface area contributed by atoms with Crippen LogP contribution in [-0.4, -0.2) is 47.5 Å².